The van der Waals surface area contributed by atoms with Crippen molar-refractivity contribution in [3.63, 3.8) is 0 Å². The summed E-state index contributed by atoms with van der Waals surface area (Å²) < 4.78 is 11.0. The van der Waals surface area contributed by atoms with Gasteiger partial charge in [0.1, 0.15) is 5.75 Å². The van der Waals surface area contributed by atoms with Crippen LogP contribution in [0.3, 0.4) is 0 Å². The number of H-pyrrole nitrogens is 1. The molecule has 0 amide bonds. The minimum atomic E-state index is 0.0579. The van der Waals surface area contributed by atoms with E-state index in [4.69, 9.17) is 9.47 Å². The number of nitrogens with zero attached hydrogens (tertiary/aromatic N) is 2. The normalized spacial score (nSPS) is 18.7. The van der Waals surface area contributed by atoms with Gasteiger partial charge in [0.05, 0.1) is 31.7 Å². The van der Waals surface area contributed by atoms with Crippen LogP contribution in [0.4, 0.5) is 5.69 Å². The first-order valence-electron chi connectivity index (χ1n) is 8.46. The Hall–Kier alpha value is -2.60. The zero-order chi connectivity index (χ0) is 17.4. The summed E-state index contributed by atoms with van der Waals surface area (Å²) in [6.07, 6.45) is 2.49. The van der Waals surface area contributed by atoms with Gasteiger partial charge in [-0.3, -0.25) is 9.89 Å². The van der Waals surface area contributed by atoms with Crippen LogP contribution in [0, 0.1) is 6.92 Å². The quantitative estimate of drug-likeness (QED) is 0.870. The molecular weight excluding hydrogens is 318 g/mol. The fourth-order valence-electron chi connectivity index (χ4n) is 3.45. The van der Waals surface area contributed by atoms with Gasteiger partial charge in [-0.05, 0) is 36.8 Å². The molecule has 1 aliphatic heterocycles. The molecule has 6 nitrogen and oxygen atoms in total. The predicted molar refractivity (Wildman–Crippen MR) is 95.4 cm³/mol. The Balaban J connectivity index is 1.69. The first-order chi connectivity index (χ1) is 12.2. The molecule has 0 radical (unpaired) electrons. The Bertz CT molecular complexity index is 848. The zero-order valence-electron chi connectivity index (χ0n) is 14.5. The SMILES string of the molecule is COc1cc2c(cc1N1CCOCC1)C/C(=C\c1cc(C)[nH]n1)C2=O. The number of carbonyl (C=O) groups excluding carboxylic acids is 1. The van der Waals surface area contributed by atoms with E-state index in [1.54, 1.807) is 7.11 Å². The summed E-state index contributed by atoms with van der Waals surface area (Å²) in [6, 6.07) is 5.90. The lowest BCUT2D eigenvalue weighted by atomic mass is 10.1. The predicted octanol–water partition coefficient (Wildman–Crippen LogP) is 2.39. The Morgan fingerprint density at radius 2 is 2.08 bits per heavy atom. The van der Waals surface area contributed by atoms with Gasteiger partial charge in [0.25, 0.3) is 0 Å². The lowest BCUT2D eigenvalue weighted by Gasteiger charge is -2.30. The van der Waals surface area contributed by atoms with Crippen molar-refractivity contribution in [1.29, 1.82) is 0 Å². The maximum absolute atomic E-state index is 12.8. The number of fused-ring (bicyclic) bond motifs is 1. The standard InChI is InChI=1S/C19H21N3O3/c1-12-7-15(21-20-12)9-14-8-13-10-17(22-3-5-25-6-4-22)18(24-2)11-16(13)19(14)23/h7,9-11H,3-6,8H2,1-2H3,(H,20,21)/b14-9+. The summed E-state index contributed by atoms with van der Waals surface area (Å²) in [7, 11) is 1.65. The molecule has 1 N–H and O–H groups in total. The molecule has 2 aromatic rings. The van der Waals surface area contributed by atoms with Crippen LogP contribution in [-0.2, 0) is 11.2 Å². The van der Waals surface area contributed by atoms with E-state index in [0.29, 0.717) is 19.6 Å². The van der Waals surface area contributed by atoms with Crippen molar-refractivity contribution in [2.24, 2.45) is 0 Å². The molecule has 25 heavy (non-hydrogen) atoms. The number of aromatic amines is 1. The van der Waals surface area contributed by atoms with Gasteiger partial charge < -0.3 is 14.4 Å². The summed E-state index contributed by atoms with van der Waals surface area (Å²) in [5.74, 6) is 0.799. The summed E-state index contributed by atoms with van der Waals surface area (Å²) >= 11 is 0. The highest BCUT2D eigenvalue weighted by molar-refractivity contribution is 6.16. The molecule has 0 bridgehead atoms. The topological polar surface area (TPSA) is 67.5 Å². The van der Waals surface area contributed by atoms with Gasteiger partial charge in [0.2, 0.25) is 0 Å². The number of morpholine rings is 1. The summed E-state index contributed by atoms with van der Waals surface area (Å²) in [5.41, 5.74) is 5.34. The Kier molecular flexibility index (Phi) is 4.05. The lowest BCUT2D eigenvalue weighted by Crippen LogP contribution is -2.36. The summed E-state index contributed by atoms with van der Waals surface area (Å²) in [6.45, 7) is 5.03. The highest BCUT2D eigenvalue weighted by atomic mass is 16.5. The van der Waals surface area contributed by atoms with Gasteiger partial charge in [0.15, 0.2) is 5.78 Å². The van der Waals surface area contributed by atoms with E-state index < -0.39 is 0 Å². The van der Waals surface area contributed by atoms with E-state index in [1.807, 2.05) is 25.1 Å². The number of hydrogen-bond donors (Lipinski definition) is 1. The molecule has 1 aromatic heterocycles. The van der Waals surface area contributed by atoms with Crippen molar-refractivity contribution in [2.45, 2.75) is 13.3 Å². The third-order valence-corrected chi connectivity index (χ3v) is 4.72. The second-order valence-corrected chi connectivity index (χ2v) is 6.43. The number of benzene rings is 1. The molecule has 6 heteroatoms. The Morgan fingerprint density at radius 1 is 1.28 bits per heavy atom. The average molecular weight is 339 g/mol. The monoisotopic (exact) mass is 339 g/mol. The van der Waals surface area contributed by atoms with E-state index in [9.17, 15) is 4.79 Å². The molecule has 0 saturated carbocycles. The van der Waals surface area contributed by atoms with E-state index in [1.165, 1.54) is 0 Å². The highest BCUT2D eigenvalue weighted by Crippen LogP contribution is 2.37. The number of rotatable bonds is 3. The van der Waals surface area contributed by atoms with Crippen LogP contribution in [0.2, 0.25) is 0 Å². The van der Waals surface area contributed by atoms with Gasteiger partial charge in [-0.1, -0.05) is 0 Å². The maximum Gasteiger partial charge on any atom is 0.189 e. The molecule has 2 heterocycles. The number of methoxy groups -OCH3 is 1. The van der Waals surface area contributed by atoms with Crippen LogP contribution in [0.1, 0.15) is 27.3 Å². The van der Waals surface area contributed by atoms with Crippen LogP contribution in [0.25, 0.3) is 6.08 Å². The number of allylic oxidation sites excluding steroid dienone is 1. The van der Waals surface area contributed by atoms with Crippen molar-refractivity contribution in [3.8, 4) is 5.75 Å². The second-order valence-electron chi connectivity index (χ2n) is 6.43. The smallest absolute Gasteiger partial charge is 0.189 e. The first-order valence-corrected chi connectivity index (χ1v) is 8.46. The van der Waals surface area contributed by atoms with Crippen LogP contribution in [-0.4, -0.2) is 49.4 Å². The molecule has 4 rings (SSSR count). The lowest BCUT2D eigenvalue weighted by molar-refractivity contribution is 0.104. The summed E-state index contributed by atoms with van der Waals surface area (Å²) in [5, 5.41) is 7.11. The fraction of sp³-hybridized carbons (Fsp3) is 0.368. The molecule has 1 saturated heterocycles. The highest BCUT2D eigenvalue weighted by Gasteiger charge is 2.28. The van der Waals surface area contributed by atoms with Crippen molar-refractivity contribution in [2.75, 3.05) is 38.3 Å². The summed E-state index contributed by atoms with van der Waals surface area (Å²) in [4.78, 5) is 15.0. The molecule has 130 valence electrons. The van der Waals surface area contributed by atoms with E-state index in [2.05, 4.69) is 21.2 Å². The van der Waals surface area contributed by atoms with Crippen molar-refractivity contribution in [1.82, 2.24) is 10.2 Å². The molecule has 1 aromatic carbocycles. The molecular formula is C19H21N3O3. The van der Waals surface area contributed by atoms with Gasteiger partial charge in [0, 0.05) is 36.3 Å². The third kappa shape index (κ3) is 2.93. The van der Waals surface area contributed by atoms with E-state index in [0.717, 1.165) is 52.6 Å². The Morgan fingerprint density at radius 3 is 2.76 bits per heavy atom. The van der Waals surface area contributed by atoms with Gasteiger partial charge in [-0.15, -0.1) is 0 Å². The third-order valence-electron chi connectivity index (χ3n) is 4.72. The number of aryl methyl sites for hydroxylation is 1. The average Bonchev–Trinajstić information content (AvgIpc) is 3.18. The van der Waals surface area contributed by atoms with Gasteiger partial charge in [-0.25, -0.2) is 0 Å². The van der Waals surface area contributed by atoms with Gasteiger partial charge >= 0.3 is 0 Å². The van der Waals surface area contributed by atoms with Crippen LogP contribution < -0.4 is 9.64 Å². The van der Waals surface area contributed by atoms with Crippen molar-refractivity contribution < 1.29 is 14.3 Å². The Labute approximate surface area is 146 Å². The maximum atomic E-state index is 12.8. The zero-order valence-corrected chi connectivity index (χ0v) is 14.5. The van der Waals surface area contributed by atoms with Crippen molar-refractivity contribution >= 4 is 17.5 Å². The van der Waals surface area contributed by atoms with Crippen LogP contribution in [0.15, 0.2) is 23.8 Å². The van der Waals surface area contributed by atoms with Crippen LogP contribution >= 0.6 is 0 Å². The minimum Gasteiger partial charge on any atom is -0.495 e. The second kappa shape index (κ2) is 6.37. The number of anilines is 1. The number of ketones is 1. The molecule has 1 fully saturated rings. The largest absolute Gasteiger partial charge is 0.495 e. The van der Waals surface area contributed by atoms with Gasteiger partial charge in [-0.2, -0.15) is 5.10 Å². The van der Waals surface area contributed by atoms with E-state index >= 15 is 0 Å². The number of carbonyl (C=O) groups is 1. The molecule has 2 aliphatic rings. The fourth-order valence-corrected chi connectivity index (χ4v) is 3.45. The number of nitrogens with one attached hydrogen (secondary N) is 1. The number of aromatic nitrogens is 2. The van der Waals surface area contributed by atoms with E-state index in [-0.39, 0.29) is 5.78 Å². The molecule has 0 spiro atoms. The number of ether oxygens (including phenoxy) is 2. The number of hydrogen-bond acceptors (Lipinski definition) is 5. The van der Waals surface area contributed by atoms with Crippen molar-refractivity contribution in [3.05, 3.63) is 46.3 Å². The number of Topliss-reactive ketones (excluding diaryl/α,β-unsaturated/α-hetero) is 1. The molecule has 1 aliphatic carbocycles. The minimum absolute atomic E-state index is 0.0579. The first kappa shape index (κ1) is 15.9. The molecule has 0 atom stereocenters. The molecule has 0 unspecified atom stereocenters. The van der Waals surface area contributed by atoms with Crippen LogP contribution in [0.5, 0.6) is 5.75 Å².